The van der Waals surface area contributed by atoms with E-state index in [1.165, 1.54) is 25.5 Å². The van der Waals surface area contributed by atoms with E-state index in [4.69, 9.17) is 10.00 Å². The Bertz CT molecular complexity index is 1030. The van der Waals surface area contributed by atoms with Crippen LogP contribution >= 0.6 is 0 Å². The van der Waals surface area contributed by atoms with Crippen molar-refractivity contribution < 1.29 is 18.3 Å². The summed E-state index contributed by atoms with van der Waals surface area (Å²) in [5.74, 6) is -1.29. The second-order valence-electron chi connectivity index (χ2n) is 6.73. The molecule has 30 heavy (non-hydrogen) atoms. The predicted molar refractivity (Wildman–Crippen MR) is 104 cm³/mol. The number of carbonyl (C=O) groups is 1. The summed E-state index contributed by atoms with van der Waals surface area (Å²) in [7, 11) is 0. The fourth-order valence-electron chi connectivity index (χ4n) is 2.96. The van der Waals surface area contributed by atoms with Gasteiger partial charge in [-0.15, -0.1) is 0 Å². The van der Waals surface area contributed by atoms with Crippen molar-refractivity contribution in [1.29, 1.82) is 5.26 Å². The van der Waals surface area contributed by atoms with Gasteiger partial charge in [-0.25, -0.2) is 23.8 Å². The number of hydrogen-bond donors (Lipinski definition) is 0. The molecular formula is C21H19F2N5O2. The number of aryl methyl sites for hydroxylation is 1. The Morgan fingerprint density at radius 1 is 1.33 bits per heavy atom. The highest BCUT2D eigenvalue weighted by Crippen LogP contribution is 2.32. The molecule has 0 saturated heterocycles. The first-order chi connectivity index (χ1) is 14.4. The summed E-state index contributed by atoms with van der Waals surface area (Å²) in [6.45, 7) is 5.53. The van der Waals surface area contributed by atoms with Crippen LogP contribution in [0.25, 0.3) is 0 Å². The largest absolute Gasteiger partial charge is 0.477 e. The van der Waals surface area contributed by atoms with Crippen molar-refractivity contribution >= 4 is 12.1 Å². The number of rotatable bonds is 7. The van der Waals surface area contributed by atoms with Crippen molar-refractivity contribution in [2.75, 3.05) is 6.61 Å². The smallest absolute Gasteiger partial charge is 0.269 e. The van der Waals surface area contributed by atoms with Crippen LogP contribution in [0.3, 0.4) is 0 Å². The molecular weight excluding hydrogens is 392 g/mol. The summed E-state index contributed by atoms with van der Waals surface area (Å²) < 4.78 is 33.7. The normalized spacial score (nSPS) is 15.1. The first-order valence-corrected chi connectivity index (χ1v) is 9.25. The van der Waals surface area contributed by atoms with Crippen LogP contribution in [-0.2, 0) is 4.79 Å². The molecule has 1 unspecified atom stereocenters. The molecule has 154 valence electrons. The minimum atomic E-state index is -0.713. The van der Waals surface area contributed by atoms with Crippen LogP contribution in [0, 0.1) is 29.9 Å². The van der Waals surface area contributed by atoms with Crippen molar-refractivity contribution in [3.05, 3.63) is 65.1 Å². The van der Waals surface area contributed by atoms with Crippen LogP contribution in [0.1, 0.15) is 42.1 Å². The van der Waals surface area contributed by atoms with Gasteiger partial charge in [0.25, 0.3) is 5.91 Å². The summed E-state index contributed by atoms with van der Waals surface area (Å²) in [6, 6.07) is 3.37. The number of ether oxygens (including phenoxy) is 1. The number of aromatic nitrogens is 2. The molecule has 1 aromatic heterocycles. The van der Waals surface area contributed by atoms with Crippen LogP contribution < -0.4 is 4.74 Å². The molecule has 3 rings (SSSR count). The second kappa shape index (κ2) is 9.22. The van der Waals surface area contributed by atoms with Crippen molar-refractivity contribution in [3.8, 4) is 11.9 Å². The van der Waals surface area contributed by atoms with Crippen LogP contribution in [-0.4, -0.2) is 33.7 Å². The van der Waals surface area contributed by atoms with E-state index in [2.05, 4.69) is 21.6 Å². The third kappa shape index (κ3) is 4.66. The lowest BCUT2D eigenvalue weighted by molar-refractivity contribution is -0.129. The highest BCUT2D eigenvalue weighted by molar-refractivity contribution is 5.94. The first kappa shape index (κ1) is 21.0. The average molecular weight is 411 g/mol. The van der Waals surface area contributed by atoms with E-state index in [-0.39, 0.29) is 34.9 Å². The topological polar surface area (TPSA) is 91.5 Å². The van der Waals surface area contributed by atoms with E-state index in [1.807, 2.05) is 6.07 Å². The zero-order valence-corrected chi connectivity index (χ0v) is 16.3. The molecule has 0 fully saturated rings. The third-order valence-corrected chi connectivity index (χ3v) is 4.59. The predicted octanol–water partition coefficient (Wildman–Crippen LogP) is 3.61. The maximum absolute atomic E-state index is 14.3. The van der Waals surface area contributed by atoms with Gasteiger partial charge in [-0.1, -0.05) is 6.58 Å². The average Bonchev–Trinajstić information content (AvgIpc) is 3.23. The van der Waals surface area contributed by atoms with Crippen molar-refractivity contribution in [1.82, 2.24) is 15.0 Å². The van der Waals surface area contributed by atoms with E-state index < -0.39 is 23.6 Å². The molecule has 0 saturated carbocycles. The summed E-state index contributed by atoms with van der Waals surface area (Å²) in [5.41, 5.74) is 0.748. The lowest BCUT2D eigenvalue weighted by Crippen LogP contribution is -2.29. The number of hydrogen-bond acceptors (Lipinski definition) is 6. The zero-order valence-electron chi connectivity index (χ0n) is 16.3. The van der Waals surface area contributed by atoms with E-state index >= 15 is 0 Å². The zero-order chi connectivity index (χ0) is 21.7. The van der Waals surface area contributed by atoms with Gasteiger partial charge in [0.1, 0.15) is 17.7 Å². The number of amides is 1. The standard InChI is InChI=1S/C21H19F2N5O2/c1-13(4-3-7-30-20-12-25-15(10-24)11-26-20)21(29)28-19(5-6-27-28)16-9-17(22)14(2)8-18(16)23/h6,8-9,11-12,19H,1,3-5,7H2,2H3. The molecule has 2 heterocycles. The molecule has 7 nitrogen and oxygen atoms in total. The Labute approximate surface area is 172 Å². The van der Waals surface area contributed by atoms with Gasteiger partial charge < -0.3 is 4.74 Å². The molecule has 0 N–H and O–H groups in total. The van der Waals surface area contributed by atoms with Crippen LogP contribution in [0.2, 0.25) is 0 Å². The van der Waals surface area contributed by atoms with Gasteiger partial charge >= 0.3 is 0 Å². The summed E-state index contributed by atoms with van der Waals surface area (Å²) in [4.78, 5) is 20.5. The Balaban J connectivity index is 1.56. The minimum absolute atomic E-state index is 0.0828. The van der Waals surface area contributed by atoms with Gasteiger partial charge in [0.2, 0.25) is 5.88 Å². The molecule has 0 spiro atoms. The van der Waals surface area contributed by atoms with Gasteiger partial charge in [0.15, 0.2) is 5.69 Å². The first-order valence-electron chi connectivity index (χ1n) is 9.25. The SMILES string of the molecule is C=C(CCCOc1cnc(C#N)cn1)C(=O)N1N=CCC1c1cc(F)c(C)cc1F. The van der Waals surface area contributed by atoms with Crippen LogP contribution in [0.5, 0.6) is 5.88 Å². The highest BCUT2D eigenvalue weighted by Gasteiger charge is 2.31. The van der Waals surface area contributed by atoms with Gasteiger partial charge in [-0.3, -0.25) is 4.79 Å². The molecule has 1 aliphatic heterocycles. The number of nitrogens with zero attached hydrogens (tertiary/aromatic N) is 5. The van der Waals surface area contributed by atoms with Crippen molar-refractivity contribution in [2.24, 2.45) is 5.10 Å². The highest BCUT2D eigenvalue weighted by atomic mass is 19.1. The lowest BCUT2D eigenvalue weighted by atomic mass is 10.0. The monoisotopic (exact) mass is 411 g/mol. The number of hydrazone groups is 1. The van der Waals surface area contributed by atoms with Gasteiger partial charge in [-0.05, 0) is 37.5 Å². The maximum Gasteiger partial charge on any atom is 0.269 e. The number of benzene rings is 1. The Hall–Kier alpha value is -3.67. The molecule has 1 aliphatic rings. The van der Waals surface area contributed by atoms with Gasteiger partial charge in [0, 0.05) is 23.8 Å². The minimum Gasteiger partial charge on any atom is -0.477 e. The van der Waals surface area contributed by atoms with Gasteiger partial charge in [-0.2, -0.15) is 10.4 Å². The van der Waals surface area contributed by atoms with E-state index in [9.17, 15) is 13.6 Å². The lowest BCUT2D eigenvalue weighted by Gasteiger charge is -2.23. The number of carbonyl (C=O) groups excluding carboxylic acids is 1. The Kier molecular flexibility index (Phi) is 6.47. The molecule has 1 atom stereocenters. The molecule has 1 amide bonds. The molecule has 0 aliphatic carbocycles. The third-order valence-electron chi connectivity index (χ3n) is 4.59. The Morgan fingerprint density at radius 3 is 2.83 bits per heavy atom. The van der Waals surface area contributed by atoms with E-state index in [0.29, 0.717) is 19.3 Å². The van der Waals surface area contributed by atoms with Crippen molar-refractivity contribution in [3.63, 3.8) is 0 Å². The fourth-order valence-corrected chi connectivity index (χ4v) is 2.96. The molecule has 0 radical (unpaired) electrons. The van der Waals surface area contributed by atoms with E-state index in [1.54, 1.807) is 0 Å². The van der Waals surface area contributed by atoms with Crippen LogP contribution in [0.15, 0.2) is 41.8 Å². The van der Waals surface area contributed by atoms with E-state index in [0.717, 1.165) is 17.1 Å². The molecule has 9 heteroatoms. The summed E-state index contributed by atoms with van der Waals surface area (Å²) in [6.07, 6.45) is 5.24. The van der Waals surface area contributed by atoms with Crippen LogP contribution in [0.4, 0.5) is 8.78 Å². The van der Waals surface area contributed by atoms with Gasteiger partial charge in [0.05, 0.1) is 25.0 Å². The summed E-state index contributed by atoms with van der Waals surface area (Å²) >= 11 is 0. The molecule has 0 bridgehead atoms. The summed E-state index contributed by atoms with van der Waals surface area (Å²) in [5, 5.41) is 13.9. The molecule has 1 aromatic carbocycles. The maximum atomic E-state index is 14.3. The Morgan fingerprint density at radius 2 is 2.13 bits per heavy atom. The second-order valence-corrected chi connectivity index (χ2v) is 6.73. The van der Waals surface area contributed by atoms with Crippen molar-refractivity contribution in [2.45, 2.75) is 32.2 Å². The number of halogens is 2. The fraction of sp³-hybridized carbons (Fsp3) is 0.286. The molecule has 2 aromatic rings. The number of nitriles is 1. The quantitative estimate of drug-likeness (QED) is 0.513.